The van der Waals surface area contributed by atoms with Gasteiger partial charge in [0.1, 0.15) is 0 Å². The third-order valence-corrected chi connectivity index (χ3v) is 3.99. The molecule has 0 saturated carbocycles. The van der Waals surface area contributed by atoms with Crippen molar-refractivity contribution < 1.29 is 9.47 Å². The first-order valence-corrected chi connectivity index (χ1v) is 7.89. The van der Waals surface area contributed by atoms with Gasteiger partial charge in [0, 0.05) is 51.1 Å². The molecule has 0 aliphatic carbocycles. The lowest BCUT2D eigenvalue weighted by Crippen LogP contribution is -2.30. The Morgan fingerprint density at radius 1 is 1.48 bits per heavy atom. The van der Waals surface area contributed by atoms with Crippen molar-refractivity contribution in [2.24, 2.45) is 0 Å². The third-order valence-electron chi connectivity index (χ3n) is 3.75. The van der Waals surface area contributed by atoms with Gasteiger partial charge < -0.3 is 19.7 Å². The smallest absolute Gasteiger partial charge is 0.0750 e. The molecule has 0 amide bonds. The Kier molecular flexibility index (Phi) is 6.77. The van der Waals surface area contributed by atoms with Crippen LogP contribution >= 0.6 is 11.6 Å². The van der Waals surface area contributed by atoms with Crippen LogP contribution in [0.25, 0.3) is 0 Å². The van der Waals surface area contributed by atoms with E-state index in [4.69, 9.17) is 21.1 Å². The zero-order valence-corrected chi connectivity index (χ0v) is 13.7. The maximum Gasteiger partial charge on any atom is 0.0750 e. The van der Waals surface area contributed by atoms with Crippen LogP contribution in [0.4, 0.5) is 5.69 Å². The third kappa shape index (κ3) is 5.15. The van der Waals surface area contributed by atoms with Crippen LogP contribution in [0.15, 0.2) is 18.2 Å². The Bertz CT molecular complexity index is 436. The number of hydrogen-bond donors (Lipinski definition) is 1. The number of benzene rings is 1. The summed E-state index contributed by atoms with van der Waals surface area (Å²) < 4.78 is 10.8. The highest BCUT2D eigenvalue weighted by molar-refractivity contribution is 6.30. The quantitative estimate of drug-likeness (QED) is 0.748. The fourth-order valence-electron chi connectivity index (χ4n) is 2.66. The van der Waals surface area contributed by atoms with Gasteiger partial charge in [-0.05, 0) is 36.6 Å². The molecule has 1 atom stereocenters. The number of rotatable bonds is 8. The van der Waals surface area contributed by atoms with Gasteiger partial charge in [0.25, 0.3) is 0 Å². The molecule has 1 aliphatic rings. The summed E-state index contributed by atoms with van der Waals surface area (Å²) >= 11 is 6.14. The molecule has 0 bridgehead atoms. The van der Waals surface area contributed by atoms with Crippen LogP contribution in [0.1, 0.15) is 18.4 Å². The summed E-state index contributed by atoms with van der Waals surface area (Å²) in [6.07, 6.45) is 2.67. The summed E-state index contributed by atoms with van der Waals surface area (Å²) in [5.74, 6) is 0. The van der Waals surface area contributed by atoms with E-state index in [2.05, 4.69) is 23.3 Å². The number of likely N-dealkylation sites (N-methyl/N-ethyl adjacent to an activating group) is 1. The molecule has 1 aromatic rings. The molecule has 0 radical (unpaired) electrons. The molecule has 21 heavy (non-hydrogen) atoms. The minimum Gasteiger partial charge on any atom is -0.383 e. The van der Waals surface area contributed by atoms with Crippen molar-refractivity contribution in [2.75, 3.05) is 45.4 Å². The molecular formula is C16H25ClN2O2. The Hall–Kier alpha value is -0.810. The zero-order valence-electron chi connectivity index (χ0n) is 12.9. The summed E-state index contributed by atoms with van der Waals surface area (Å²) in [5, 5.41) is 4.15. The molecule has 0 aromatic heterocycles. The average molecular weight is 313 g/mol. The summed E-state index contributed by atoms with van der Waals surface area (Å²) in [5.41, 5.74) is 2.42. The molecule has 4 nitrogen and oxygen atoms in total. The molecule has 1 saturated heterocycles. The maximum absolute atomic E-state index is 6.14. The van der Waals surface area contributed by atoms with Crippen molar-refractivity contribution in [2.45, 2.75) is 25.5 Å². The molecule has 1 heterocycles. The highest BCUT2D eigenvalue weighted by atomic mass is 35.5. The Labute approximate surface area is 132 Å². The lowest BCUT2D eigenvalue weighted by molar-refractivity contribution is 0.116. The fourth-order valence-corrected chi connectivity index (χ4v) is 2.85. The predicted molar refractivity (Wildman–Crippen MR) is 87.3 cm³/mol. The highest BCUT2D eigenvalue weighted by Gasteiger charge is 2.18. The molecule has 1 N–H and O–H groups in total. The molecule has 1 unspecified atom stereocenters. The van der Waals surface area contributed by atoms with Gasteiger partial charge in [-0.15, -0.1) is 0 Å². The number of methoxy groups -OCH3 is 1. The predicted octanol–water partition coefficient (Wildman–Crippen LogP) is 2.69. The van der Waals surface area contributed by atoms with Crippen molar-refractivity contribution in [3.05, 3.63) is 28.8 Å². The number of nitrogens with zero attached hydrogens (tertiary/aromatic N) is 1. The molecule has 0 spiro atoms. The fraction of sp³-hybridized carbons (Fsp3) is 0.625. The number of nitrogens with one attached hydrogen (secondary N) is 1. The van der Waals surface area contributed by atoms with E-state index in [1.807, 2.05) is 12.1 Å². The Morgan fingerprint density at radius 3 is 3.05 bits per heavy atom. The van der Waals surface area contributed by atoms with Crippen molar-refractivity contribution in [3.63, 3.8) is 0 Å². The van der Waals surface area contributed by atoms with Gasteiger partial charge >= 0.3 is 0 Å². The molecule has 2 rings (SSSR count). The standard InChI is InChI=1S/C16H25ClN2O2/c1-19(12-15-4-3-8-21-15)16-6-5-14(17)10-13(16)11-18-7-9-20-2/h5-6,10,15,18H,3-4,7-9,11-12H2,1-2H3. The van der Waals surface area contributed by atoms with Gasteiger partial charge in [-0.25, -0.2) is 0 Å². The number of hydrogen-bond acceptors (Lipinski definition) is 4. The number of anilines is 1. The van der Waals surface area contributed by atoms with E-state index in [0.717, 1.165) is 37.7 Å². The van der Waals surface area contributed by atoms with E-state index in [-0.39, 0.29) is 0 Å². The second-order valence-electron chi connectivity index (χ2n) is 5.46. The van der Waals surface area contributed by atoms with Crippen LogP contribution in [-0.4, -0.2) is 46.6 Å². The summed E-state index contributed by atoms with van der Waals surface area (Å²) in [6, 6.07) is 6.06. The van der Waals surface area contributed by atoms with Crippen molar-refractivity contribution in [1.82, 2.24) is 5.32 Å². The molecular weight excluding hydrogens is 288 g/mol. The molecule has 1 aliphatic heterocycles. The van der Waals surface area contributed by atoms with E-state index >= 15 is 0 Å². The van der Waals surface area contributed by atoms with Crippen LogP contribution < -0.4 is 10.2 Å². The number of halogens is 1. The minimum absolute atomic E-state index is 0.347. The van der Waals surface area contributed by atoms with E-state index in [1.54, 1.807) is 7.11 Å². The van der Waals surface area contributed by atoms with Gasteiger partial charge in [-0.1, -0.05) is 11.6 Å². The summed E-state index contributed by atoms with van der Waals surface area (Å²) in [4.78, 5) is 2.26. The van der Waals surface area contributed by atoms with Crippen molar-refractivity contribution in [1.29, 1.82) is 0 Å². The average Bonchev–Trinajstić information content (AvgIpc) is 2.96. The van der Waals surface area contributed by atoms with Gasteiger partial charge in [-0.3, -0.25) is 0 Å². The SMILES string of the molecule is COCCNCc1cc(Cl)ccc1N(C)CC1CCCO1. The second kappa shape index (κ2) is 8.59. The Balaban J connectivity index is 1.98. The lowest BCUT2D eigenvalue weighted by Gasteiger charge is -2.25. The topological polar surface area (TPSA) is 33.7 Å². The number of ether oxygens (including phenoxy) is 2. The molecule has 118 valence electrons. The van der Waals surface area contributed by atoms with E-state index in [1.165, 1.54) is 17.7 Å². The van der Waals surface area contributed by atoms with Crippen LogP contribution in [-0.2, 0) is 16.0 Å². The van der Waals surface area contributed by atoms with E-state index in [9.17, 15) is 0 Å². The first-order chi connectivity index (χ1) is 10.2. The van der Waals surface area contributed by atoms with E-state index < -0.39 is 0 Å². The lowest BCUT2D eigenvalue weighted by atomic mass is 10.1. The van der Waals surface area contributed by atoms with Crippen LogP contribution in [0.2, 0.25) is 5.02 Å². The first kappa shape index (κ1) is 16.6. The molecule has 5 heteroatoms. The van der Waals surface area contributed by atoms with Crippen LogP contribution in [0.5, 0.6) is 0 Å². The van der Waals surface area contributed by atoms with Crippen LogP contribution in [0, 0.1) is 0 Å². The molecule has 1 fully saturated rings. The van der Waals surface area contributed by atoms with E-state index in [0.29, 0.717) is 12.7 Å². The Morgan fingerprint density at radius 2 is 2.33 bits per heavy atom. The van der Waals surface area contributed by atoms with Gasteiger partial charge in [0.2, 0.25) is 0 Å². The zero-order chi connectivity index (χ0) is 15.1. The highest BCUT2D eigenvalue weighted by Crippen LogP contribution is 2.25. The van der Waals surface area contributed by atoms with Crippen LogP contribution in [0.3, 0.4) is 0 Å². The monoisotopic (exact) mass is 312 g/mol. The normalized spacial score (nSPS) is 18.1. The van der Waals surface area contributed by atoms with Crippen molar-refractivity contribution in [3.8, 4) is 0 Å². The van der Waals surface area contributed by atoms with Gasteiger partial charge in [0.05, 0.1) is 12.7 Å². The van der Waals surface area contributed by atoms with Crippen molar-refractivity contribution >= 4 is 17.3 Å². The van der Waals surface area contributed by atoms with Gasteiger partial charge in [-0.2, -0.15) is 0 Å². The molecule has 1 aromatic carbocycles. The summed E-state index contributed by atoms with van der Waals surface area (Å²) in [6.45, 7) is 4.14. The minimum atomic E-state index is 0.347. The first-order valence-electron chi connectivity index (χ1n) is 7.51. The largest absolute Gasteiger partial charge is 0.383 e. The summed E-state index contributed by atoms with van der Waals surface area (Å²) in [7, 11) is 3.82. The second-order valence-corrected chi connectivity index (χ2v) is 5.89. The maximum atomic E-state index is 6.14. The van der Waals surface area contributed by atoms with Gasteiger partial charge in [0.15, 0.2) is 0 Å².